The number of carbonyl (C=O) groups excluding carboxylic acids is 1. The van der Waals surface area contributed by atoms with Crippen molar-refractivity contribution in [1.29, 1.82) is 0 Å². The number of pyridine rings is 1. The van der Waals surface area contributed by atoms with Crippen LogP contribution in [0.1, 0.15) is 64.7 Å². The maximum atomic E-state index is 13.2. The van der Waals surface area contributed by atoms with Gasteiger partial charge in [-0.05, 0) is 69.2 Å². The molecule has 0 radical (unpaired) electrons. The summed E-state index contributed by atoms with van der Waals surface area (Å²) in [7, 11) is 3.34. The number of nitrogens with zero attached hydrogens (tertiary/aromatic N) is 5. The van der Waals surface area contributed by atoms with Crippen LogP contribution in [-0.2, 0) is 21.3 Å². The Morgan fingerprint density at radius 1 is 1.05 bits per heavy atom. The first-order chi connectivity index (χ1) is 18.8. The molecule has 1 saturated heterocycles. The van der Waals surface area contributed by atoms with E-state index in [1.54, 1.807) is 4.68 Å². The van der Waals surface area contributed by atoms with E-state index >= 15 is 0 Å². The fourth-order valence-electron chi connectivity index (χ4n) is 5.47. The average molecular weight is 544 g/mol. The maximum absolute atomic E-state index is 13.2. The molecule has 1 aromatic carbocycles. The number of carbonyl (C=O) groups is 1. The third kappa shape index (κ3) is 5.63. The van der Waals surface area contributed by atoms with E-state index < -0.39 is 17.7 Å². The van der Waals surface area contributed by atoms with Crippen LogP contribution in [0.15, 0.2) is 48.9 Å². The molecule has 0 aliphatic carbocycles. The molecule has 0 N–H and O–H groups in total. The highest BCUT2D eigenvalue weighted by Crippen LogP contribution is 2.40. The number of benzene rings is 1. The zero-order chi connectivity index (χ0) is 28.8. The van der Waals surface area contributed by atoms with E-state index in [2.05, 4.69) is 58.7 Å². The van der Waals surface area contributed by atoms with Crippen LogP contribution in [0, 0.1) is 12.3 Å². The Balaban J connectivity index is 1.69. The fraction of sp³-hybridized carbons (Fsp3) is 0.469. The van der Waals surface area contributed by atoms with Gasteiger partial charge < -0.3 is 14.4 Å². The molecular formula is C32H41N5O3. The number of rotatable bonds is 6. The van der Waals surface area contributed by atoms with Crippen molar-refractivity contribution >= 4 is 17.4 Å². The lowest BCUT2D eigenvalue weighted by atomic mass is 9.82. The second-order valence-electron chi connectivity index (χ2n) is 12.7. The van der Waals surface area contributed by atoms with Gasteiger partial charge in [0.15, 0.2) is 6.10 Å². The topological polar surface area (TPSA) is 73.9 Å². The lowest BCUT2D eigenvalue weighted by Gasteiger charge is -2.40. The minimum absolute atomic E-state index is 0.274. The van der Waals surface area contributed by atoms with Crippen molar-refractivity contribution in [2.24, 2.45) is 12.5 Å². The van der Waals surface area contributed by atoms with Gasteiger partial charge in [-0.15, -0.1) is 0 Å². The Bertz CT molecular complexity index is 1530. The number of hydrogen-bond donors (Lipinski definition) is 0. The molecular weight excluding hydrogens is 502 g/mol. The first-order valence-corrected chi connectivity index (χ1v) is 14.0. The van der Waals surface area contributed by atoms with E-state index in [4.69, 9.17) is 14.5 Å². The minimum atomic E-state index is -0.862. The van der Waals surface area contributed by atoms with E-state index in [9.17, 15) is 4.79 Å². The molecule has 4 heterocycles. The second kappa shape index (κ2) is 10.4. The summed E-state index contributed by atoms with van der Waals surface area (Å²) >= 11 is 0. The Labute approximate surface area is 236 Å². The summed E-state index contributed by atoms with van der Waals surface area (Å²) in [5, 5.41) is 4.33. The van der Waals surface area contributed by atoms with Crippen LogP contribution < -0.4 is 4.90 Å². The number of anilines is 1. The van der Waals surface area contributed by atoms with E-state index in [-0.39, 0.29) is 5.41 Å². The van der Waals surface area contributed by atoms with Crippen molar-refractivity contribution in [1.82, 2.24) is 19.2 Å². The van der Waals surface area contributed by atoms with Crippen molar-refractivity contribution in [2.75, 3.05) is 25.1 Å². The van der Waals surface area contributed by atoms with Gasteiger partial charge in [0.05, 0.1) is 24.6 Å². The van der Waals surface area contributed by atoms with E-state index in [0.717, 1.165) is 70.9 Å². The summed E-state index contributed by atoms with van der Waals surface area (Å²) in [6.45, 7) is 14.3. The highest BCUT2D eigenvalue weighted by Gasteiger charge is 2.36. The van der Waals surface area contributed by atoms with Crippen molar-refractivity contribution in [3.63, 3.8) is 0 Å². The molecule has 0 spiro atoms. The molecule has 40 heavy (non-hydrogen) atoms. The smallest absolute Gasteiger partial charge is 0.339 e. The largest absolute Gasteiger partial charge is 0.467 e. The molecule has 8 nitrogen and oxygen atoms in total. The summed E-state index contributed by atoms with van der Waals surface area (Å²) < 4.78 is 15.6. The van der Waals surface area contributed by atoms with Crippen LogP contribution in [0.5, 0.6) is 0 Å². The molecule has 5 rings (SSSR count). The number of methoxy groups -OCH3 is 1. The van der Waals surface area contributed by atoms with Gasteiger partial charge in [-0.3, -0.25) is 9.08 Å². The highest BCUT2D eigenvalue weighted by atomic mass is 16.6. The summed E-state index contributed by atoms with van der Waals surface area (Å²) in [5.41, 5.74) is 6.38. The number of aromatic nitrogens is 4. The van der Waals surface area contributed by atoms with E-state index in [1.165, 1.54) is 7.11 Å². The third-order valence-electron chi connectivity index (χ3n) is 7.73. The van der Waals surface area contributed by atoms with E-state index in [1.807, 2.05) is 53.2 Å². The minimum Gasteiger partial charge on any atom is -0.467 e. The van der Waals surface area contributed by atoms with Crippen molar-refractivity contribution in [3.8, 4) is 22.4 Å². The van der Waals surface area contributed by atoms with Crippen LogP contribution in [-0.4, -0.2) is 50.9 Å². The summed E-state index contributed by atoms with van der Waals surface area (Å²) in [5.74, 6) is 0.549. The number of imidazole rings is 1. The number of hydrogen-bond acceptors (Lipinski definition) is 6. The molecule has 3 aromatic heterocycles. The van der Waals surface area contributed by atoms with Crippen LogP contribution in [0.2, 0.25) is 0 Å². The number of aryl methyl sites for hydroxylation is 2. The average Bonchev–Trinajstić information content (AvgIpc) is 3.52. The number of piperidine rings is 1. The molecule has 8 heteroatoms. The first-order valence-electron chi connectivity index (χ1n) is 14.0. The standard InChI is InChI=1S/C32H41N5O3/c1-21-16-26-34-25(23-11-9-10-22(17-23)24-18-33-35(7)19-24)20-37(26)29(36-14-12-32(5,6)13-15-36)27(21)28(30(38)39-8)40-31(2,3)4/h9-11,16-20,28H,12-15H2,1-8H3. The molecule has 1 atom stereocenters. The third-order valence-corrected chi connectivity index (χ3v) is 7.73. The molecule has 1 unspecified atom stereocenters. The van der Waals surface area contributed by atoms with Gasteiger partial charge in [0, 0.05) is 49.2 Å². The second-order valence-corrected chi connectivity index (χ2v) is 12.7. The van der Waals surface area contributed by atoms with Crippen LogP contribution in [0.4, 0.5) is 5.82 Å². The quantitative estimate of drug-likeness (QED) is 0.263. The highest BCUT2D eigenvalue weighted by molar-refractivity contribution is 5.81. The summed E-state index contributed by atoms with van der Waals surface area (Å²) in [6, 6.07) is 10.4. The predicted octanol–water partition coefficient (Wildman–Crippen LogP) is 6.37. The number of ether oxygens (including phenoxy) is 2. The molecule has 1 aliphatic rings. The van der Waals surface area contributed by atoms with Crippen LogP contribution in [0.3, 0.4) is 0 Å². The normalized spacial score (nSPS) is 16.4. The fourth-order valence-corrected chi connectivity index (χ4v) is 5.47. The van der Waals surface area contributed by atoms with Gasteiger partial charge in [0.1, 0.15) is 11.5 Å². The van der Waals surface area contributed by atoms with Gasteiger partial charge in [-0.2, -0.15) is 5.10 Å². The van der Waals surface area contributed by atoms with Crippen molar-refractivity contribution in [3.05, 3.63) is 60.0 Å². The SMILES string of the molecule is COC(=O)C(OC(C)(C)C)c1c(C)cc2nc(-c3cccc(-c4cnn(C)c4)c3)cn2c1N1CCC(C)(C)CC1. The maximum Gasteiger partial charge on any atom is 0.339 e. The van der Waals surface area contributed by atoms with E-state index in [0.29, 0.717) is 0 Å². The Morgan fingerprint density at radius 2 is 1.75 bits per heavy atom. The van der Waals surface area contributed by atoms with Crippen LogP contribution in [0.25, 0.3) is 28.0 Å². The van der Waals surface area contributed by atoms with Gasteiger partial charge >= 0.3 is 5.97 Å². The molecule has 212 valence electrons. The van der Waals surface area contributed by atoms with Gasteiger partial charge in [0.25, 0.3) is 0 Å². The lowest BCUT2D eigenvalue weighted by molar-refractivity contribution is -0.164. The Hall–Kier alpha value is -3.65. The number of fused-ring (bicyclic) bond motifs is 1. The van der Waals surface area contributed by atoms with Crippen molar-refractivity contribution < 1.29 is 14.3 Å². The van der Waals surface area contributed by atoms with Gasteiger partial charge in [0.2, 0.25) is 0 Å². The van der Waals surface area contributed by atoms with Gasteiger partial charge in [-0.25, -0.2) is 9.78 Å². The number of esters is 1. The molecule has 1 fully saturated rings. The lowest BCUT2D eigenvalue weighted by Crippen LogP contribution is -2.40. The first kappa shape index (κ1) is 27.9. The monoisotopic (exact) mass is 543 g/mol. The Kier molecular flexibility index (Phi) is 7.25. The summed E-state index contributed by atoms with van der Waals surface area (Å²) in [6.07, 6.45) is 7.21. The molecule has 0 saturated carbocycles. The summed E-state index contributed by atoms with van der Waals surface area (Å²) in [4.78, 5) is 20.7. The Morgan fingerprint density at radius 3 is 2.38 bits per heavy atom. The zero-order valence-electron chi connectivity index (χ0n) is 25.0. The van der Waals surface area contributed by atoms with Crippen molar-refractivity contribution in [2.45, 2.75) is 66.1 Å². The van der Waals surface area contributed by atoms with Crippen LogP contribution >= 0.6 is 0 Å². The molecule has 4 aromatic rings. The molecule has 1 aliphatic heterocycles. The zero-order valence-corrected chi connectivity index (χ0v) is 25.0. The molecule has 0 bridgehead atoms. The predicted molar refractivity (Wildman–Crippen MR) is 158 cm³/mol. The van der Waals surface area contributed by atoms with Gasteiger partial charge in [-0.1, -0.05) is 32.0 Å². The molecule has 0 amide bonds.